The predicted octanol–water partition coefficient (Wildman–Crippen LogP) is 0.947. The fourth-order valence-electron chi connectivity index (χ4n) is 2.14. The summed E-state index contributed by atoms with van der Waals surface area (Å²) < 4.78 is 1.12. The number of nitrogens with zero attached hydrogens (tertiary/aromatic N) is 4. The molecule has 2 rings (SSSR count). The van der Waals surface area contributed by atoms with E-state index in [9.17, 15) is 19.7 Å². The van der Waals surface area contributed by atoms with E-state index >= 15 is 0 Å². The molecule has 0 fully saturated rings. The molecule has 1 N–H and O–H groups in total. The van der Waals surface area contributed by atoms with Crippen molar-refractivity contribution in [3.8, 4) is 0 Å². The maximum absolute atomic E-state index is 12.3. The van der Waals surface area contributed by atoms with Crippen molar-refractivity contribution in [2.24, 2.45) is 0 Å². The van der Waals surface area contributed by atoms with E-state index in [0.717, 1.165) is 10.2 Å². The molecule has 0 bridgehead atoms. The van der Waals surface area contributed by atoms with Crippen LogP contribution in [0.4, 0.5) is 5.82 Å². The molecule has 0 saturated heterocycles. The number of nitro groups is 1. The first-order chi connectivity index (χ1) is 11.5. The van der Waals surface area contributed by atoms with Crippen LogP contribution in [-0.2, 0) is 22.6 Å². The van der Waals surface area contributed by atoms with Gasteiger partial charge in [0, 0.05) is 6.54 Å². The highest BCUT2D eigenvalue weighted by Gasteiger charge is 2.20. The number of carboxylic acids is 1. The Morgan fingerprint density at radius 1 is 1.25 bits per heavy atom. The zero-order valence-corrected chi connectivity index (χ0v) is 12.7. The van der Waals surface area contributed by atoms with E-state index < -0.39 is 23.3 Å². The van der Waals surface area contributed by atoms with Crippen molar-refractivity contribution < 1.29 is 19.6 Å². The van der Waals surface area contributed by atoms with Gasteiger partial charge in [-0.2, -0.15) is 4.68 Å². The first-order valence-electron chi connectivity index (χ1n) is 7.17. The van der Waals surface area contributed by atoms with Crippen LogP contribution in [0.2, 0.25) is 0 Å². The minimum atomic E-state index is -1.12. The molecule has 126 valence electrons. The van der Waals surface area contributed by atoms with Crippen LogP contribution in [0.5, 0.6) is 0 Å². The maximum atomic E-state index is 12.3. The van der Waals surface area contributed by atoms with Gasteiger partial charge in [0.2, 0.25) is 5.91 Å². The lowest BCUT2D eigenvalue weighted by molar-refractivity contribution is -0.389. The van der Waals surface area contributed by atoms with Crippen molar-refractivity contribution in [2.75, 3.05) is 13.1 Å². The molecular weight excluding hydrogens is 316 g/mol. The Labute approximate surface area is 137 Å². The van der Waals surface area contributed by atoms with Crippen LogP contribution in [0.1, 0.15) is 5.56 Å². The summed E-state index contributed by atoms with van der Waals surface area (Å²) >= 11 is 0. The second kappa shape index (κ2) is 7.86. The first-order valence-corrected chi connectivity index (χ1v) is 7.17. The van der Waals surface area contributed by atoms with E-state index in [0.29, 0.717) is 6.42 Å². The molecule has 1 aromatic carbocycles. The highest BCUT2D eigenvalue weighted by Crippen LogP contribution is 2.07. The summed E-state index contributed by atoms with van der Waals surface area (Å²) in [6.07, 6.45) is 1.82. The van der Waals surface area contributed by atoms with Gasteiger partial charge < -0.3 is 20.1 Å². The molecule has 1 heterocycles. The van der Waals surface area contributed by atoms with Gasteiger partial charge in [-0.25, -0.2) is 0 Å². The summed E-state index contributed by atoms with van der Waals surface area (Å²) in [5.74, 6) is -1.95. The number of benzene rings is 1. The summed E-state index contributed by atoms with van der Waals surface area (Å²) in [6, 6.07) is 10.6. The number of amides is 1. The number of hydrogen-bond acceptors (Lipinski definition) is 5. The van der Waals surface area contributed by atoms with E-state index in [4.69, 9.17) is 5.11 Å². The molecule has 0 atom stereocenters. The van der Waals surface area contributed by atoms with Gasteiger partial charge in [-0.15, -0.1) is 0 Å². The van der Waals surface area contributed by atoms with Gasteiger partial charge in [0.1, 0.15) is 13.1 Å². The Balaban J connectivity index is 2.01. The maximum Gasteiger partial charge on any atom is 0.389 e. The second-order valence-electron chi connectivity index (χ2n) is 5.07. The molecule has 9 nitrogen and oxygen atoms in total. The second-order valence-corrected chi connectivity index (χ2v) is 5.07. The Morgan fingerprint density at radius 3 is 2.54 bits per heavy atom. The Kier molecular flexibility index (Phi) is 5.61. The highest BCUT2D eigenvalue weighted by atomic mass is 16.6. The van der Waals surface area contributed by atoms with Gasteiger partial charge >= 0.3 is 11.8 Å². The van der Waals surface area contributed by atoms with Crippen LogP contribution in [0.25, 0.3) is 0 Å². The fourth-order valence-corrected chi connectivity index (χ4v) is 2.14. The van der Waals surface area contributed by atoms with Crippen molar-refractivity contribution in [3.63, 3.8) is 0 Å². The minimum absolute atomic E-state index is 0.235. The Hall–Kier alpha value is -3.23. The Morgan fingerprint density at radius 2 is 1.96 bits per heavy atom. The van der Waals surface area contributed by atoms with Crippen molar-refractivity contribution in [1.82, 2.24) is 14.7 Å². The van der Waals surface area contributed by atoms with Crippen LogP contribution < -0.4 is 0 Å². The van der Waals surface area contributed by atoms with Crippen LogP contribution in [0.3, 0.4) is 0 Å². The smallest absolute Gasteiger partial charge is 0.389 e. The van der Waals surface area contributed by atoms with Crippen LogP contribution in [0.15, 0.2) is 42.6 Å². The molecule has 0 aliphatic heterocycles. The summed E-state index contributed by atoms with van der Waals surface area (Å²) in [7, 11) is 0. The SMILES string of the molecule is O=C(O)CN(CCc1ccccc1)C(=O)Cn1ccc([N+](=O)[O-])n1. The van der Waals surface area contributed by atoms with Gasteiger partial charge in [0.05, 0.1) is 17.4 Å². The number of hydrogen-bond donors (Lipinski definition) is 1. The van der Waals surface area contributed by atoms with Crippen LogP contribution >= 0.6 is 0 Å². The van der Waals surface area contributed by atoms with Crippen molar-refractivity contribution in [2.45, 2.75) is 13.0 Å². The molecule has 2 aromatic rings. The lowest BCUT2D eigenvalue weighted by Gasteiger charge is -2.20. The molecule has 0 radical (unpaired) electrons. The van der Waals surface area contributed by atoms with Crippen LogP contribution in [0, 0.1) is 10.1 Å². The van der Waals surface area contributed by atoms with Gasteiger partial charge in [-0.3, -0.25) is 9.59 Å². The molecule has 1 aromatic heterocycles. The van der Waals surface area contributed by atoms with Gasteiger partial charge in [0.15, 0.2) is 0 Å². The number of carboxylic acid groups (broad SMARTS) is 1. The Bertz CT molecular complexity index is 728. The van der Waals surface area contributed by atoms with E-state index in [-0.39, 0.29) is 18.9 Å². The van der Waals surface area contributed by atoms with Gasteiger partial charge in [-0.1, -0.05) is 30.3 Å². The molecule has 24 heavy (non-hydrogen) atoms. The average molecular weight is 332 g/mol. The van der Waals surface area contributed by atoms with Gasteiger partial charge in [0.25, 0.3) is 0 Å². The average Bonchev–Trinajstić information content (AvgIpc) is 3.00. The van der Waals surface area contributed by atoms with Crippen molar-refractivity contribution in [1.29, 1.82) is 0 Å². The lowest BCUT2D eigenvalue weighted by Crippen LogP contribution is -2.39. The number of aliphatic carboxylic acids is 1. The van der Waals surface area contributed by atoms with Gasteiger partial charge in [-0.05, 0) is 16.9 Å². The summed E-state index contributed by atoms with van der Waals surface area (Å²) in [5.41, 5.74) is 0.982. The molecule has 0 aliphatic carbocycles. The minimum Gasteiger partial charge on any atom is -0.480 e. The molecule has 0 aliphatic rings. The summed E-state index contributed by atoms with van der Waals surface area (Å²) in [4.78, 5) is 34.4. The van der Waals surface area contributed by atoms with Crippen molar-refractivity contribution >= 4 is 17.7 Å². The van der Waals surface area contributed by atoms with Crippen LogP contribution in [-0.4, -0.2) is 49.7 Å². The summed E-state index contributed by atoms with van der Waals surface area (Å²) in [6.45, 7) is -0.455. The number of carbonyl (C=O) groups excluding carboxylic acids is 1. The van der Waals surface area contributed by atoms with Crippen molar-refractivity contribution in [3.05, 3.63) is 58.3 Å². The molecule has 0 spiro atoms. The molecular formula is C15H16N4O5. The predicted molar refractivity (Wildman–Crippen MR) is 83.2 cm³/mol. The monoisotopic (exact) mass is 332 g/mol. The topological polar surface area (TPSA) is 119 Å². The highest BCUT2D eigenvalue weighted by molar-refractivity contribution is 5.81. The number of carbonyl (C=O) groups is 2. The lowest BCUT2D eigenvalue weighted by atomic mass is 10.1. The number of aromatic nitrogens is 2. The molecule has 1 amide bonds. The normalized spacial score (nSPS) is 10.3. The standard InChI is InChI=1S/C15H16N4O5/c20-14(10-18-9-7-13(16-18)19(23)24)17(11-15(21)22)8-6-12-4-2-1-3-5-12/h1-5,7,9H,6,8,10-11H2,(H,21,22). The van der Waals surface area contributed by atoms with E-state index in [1.807, 2.05) is 30.3 Å². The summed E-state index contributed by atoms with van der Waals surface area (Å²) in [5, 5.41) is 23.2. The largest absolute Gasteiger partial charge is 0.480 e. The zero-order valence-electron chi connectivity index (χ0n) is 12.7. The molecule has 0 unspecified atom stereocenters. The third-order valence-electron chi connectivity index (χ3n) is 3.30. The first kappa shape index (κ1) is 17.1. The third kappa shape index (κ3) is 4.90. The van der Waals surface area contributed by atoms with E-state index in [1.54, 1.807) is 0 Å². The van der Waals surface area contributed by atoms with E-state index in [2.05, 4.69) is 5.10 Å². The zero-order chi connectivity index (χ0) is 17.5. The van der Waals surface area contributed by atoms with E-state index in [1.165, 1.54) is 17.2 Å². The fraction of sp³-hybridized carbons (Fsp3) is 0.267. The quantitative estimate of drug-likeness (QED) is 0.568. The number of rotatable bonds is 8. The molecule has 0 saturated carbocycles. The third-order valence-corrected chi connectivity index (χ3v) is 3.30. The molecule has 9 heteroatoms.